The van der Waals surface area contributed by atoms with E-state index in [9.17, 15) is 18.0 Å². The predicted molar refractivity (Wildman–Crippen MR) is 113 cm³/mol. The molecule has 0 saturated carbocycles. The Balaban J connectivity index is 1.70. The highest BCUT2D eigenvalue weighted by Crippen LogP contribution is 2.44. The van der Waals surface area contributed by atoms with Crippen LogP contribution in [0.4, 0.5) is 24.7 Å². The molecule has 1 aromatic heterocycles. The summed E-state index contributed by atoms with van der Waals surface area (Å²) >= 11 is 0. The molecule has 4 rings (SSSR count). The van der Waals surface area contributed by atoms with Gasteiger partial charge in [-0.3, -0.25) is 4.79 Å². The first kappa shape index (κ1) is 21.0. The van der Waals surface area contributed by atoms with Crippen molar-refractivity contribution in [1.29, 1.82) is 0 Å². The van der Waals surface area contributed by atoms with Gasteiger partial charge in [0.2, 0.25) is 0 Å². The van der Waals surface area contributed by atoms with E-state index in [4.69, 9.17) is 0 Å². The lowest BCUT2D eigenvalue weighted by Crippen LogP contribution is -2.36. The van der Waals surface area contributed by atoms with E-state index in [1.54, 1.807) is 0 Å². The molecule has 1 amide bonds. The summed E-state index contributed by atoms with van der Waals surface area (Å²) in [6.45, 7) is 5.67. The van der Waals surface area contributed by atoms with E-state index in [1.807, 2.05) is 63.2 Å². The minimum absolute atomic E-state index is 0.0713. The van der Waals surface area contributed by atoms with Crippen LogP contribution in [-0.4, -0.2) is 21.9 Å². The van der Waals surface area contributed by atoms with E-state index in [1.165, 1.54) is 6.20 Å². The van der Waals surface area contributed by atoms with Crippen LogP contribution in [0.3, 0.4) is 0 Å². The van der Waals surface area contributed by atoms with E-state index < -0.39 is 24.2 Å². The van der Waals surface area contributed by atoms with E-state index in [0.717, 1.165) is 26.9 Å². The number of rotatable bonds is 3. The van der Waals surface area contributed by atoms with Gasteiger partial charge in [0.1, 0.15) is 11.4 Å². The van der Waals surface area contributed by atoms with Gasteiger partial charge in [-0.15, -0.1) is 0 Å². The Morgan fingerprint density at radius 3 is 2.45 bits per heavy atom. The molecule has 2 aromatic carbocycles. The van der Waals surface area contributed by atoms with Crippen molar-refractivity contribution in [2.45, 2.75) is 45.5 Å². The van der Waals surface area contributed by atoms with Gasteiger partial charge in [0.05, 0.1) is 12.2 Å². The fourth-order valence-corrected chi connectivity index (χ4v) is 3.81. The number of nitrogens with one attached hydrogen (secondary N) is 2. The molecule has 2 N–H and O–H groups in total. The zero-order valence-corrected chi connectivity index (χ0v) is 17.4. The molecule has 0 bridgehead atoms. The number of carbonyl (C=O) groups excluding carboxylic acids is 1. The fraction of sp³-hybridized carbons (Fsp3) is 0.304. The lowest BCUT2D eigenvalue weighted by Gasteiger charge is -2.34. The van der Waals surface area contributed by atoms with Gasteiger partial charge in [-0.25, -0.2) is 4.68 Å². The minimum Gasteiger partial charge on any atom is -0.363 e. The van der Waals surface area contributed by atoms with Gasteiger partial charge in [0.25, 0.3) is 5.91 Å². The maximum Gasteiger partial charge on any atom is 0.410 e. The van der Waals surface area contributed by atoms with Gasteiger partial charge >= 0.3 is 6.18 Å². The second kappa shape index (κ2) is 7.76. The van der Waals surface area contributed by atoms with E-state index in [-0.39, 0.29) is 17.8 Å². The summed E-state index contributed by atoms with van der Waals surface area (Å²) in [5.74, 6) is -0.435. The molecule has 162 valence electrons. The van der Waals surface area contributed by atoms with Crippen molar-refractivity contribution in [3.8, 4) is 0 Å². The lowest BCUT2D eigenvalue weighted by molar-refractivity contribution is -0.173. The molecule has 1 aliphatic rings. The number of hydrogen-bond acceptors (Lipinski definition) is 3. The minimum atomic E-state index is -4.49. The van der Waals surface area contributed by atoms with E-state index in [2.05, 4.69) is 15.7 Å². The smallest absolute Gasteiger partial charge is 0.363 e. The molecular weight excluding hydrogens is 405 g/mol. The Morgan fingerprint density at radius 1 is 1.10 bits per heavy atom. The van der Waals surface area contributed by atoms with Gasteiger partial charge < -0.3 is 10.6 Å². The van der Waals surface area contributed by atoms with E-state index in [0.29, 0.717) is 5.69 Å². The highest BCUT2D eigenvalue weighted by Gasteiger charge is 2.47. The molecule has 0 spiro atoms. The van der Waals surface area contributed by atoms with Crippen molar-refractivity contribution in [2.75, 3.05) is 10.6 Å². The molecule has 3 aromatic rings. The van der Waals surface area contributed by atoms with Gasteiger partial charge in [-0.1, -0.05) is 42.0 Å². The summed E-state index contributed by atoms with van der Waals surface area (Å²) in [7, 11) is 0. The number of alkyl halides is 3. The van der Waals surface area contributed by atoms with Crippen LogP contribution in [0.5, 0.6) is 0 Å². The zero-order chi connectivity index (χ0) is 22.3. The monoisotopic (exact) mass is 428 g/mol. The van der Waals surface area contributed by atoms with Crippen LogP contribution in [0.15, 0.2) is 48.7 Å². The Kier molecular flexibility index (Phi) is 5.24. The molecule has 2 atom stereocenters. The van der Waals surface area contributed by atoms with Crippen molar-refractivity contribution in [2.24, 2.45) is 0 Å². The van der Waals surface area contributed by atoms with Gasteiger partial charge in [0.15, 0.2) is 6.04 Å². The summed E-state index contributed by atoms with van der Waals surface area (Å²) in [6.07, 6.45) is -3.51. The topological polar surface area (TPSA) is 59.0 Å². The quantitative estimate of drug-likeness (QED) is 0.561. The maximum absolute atomic E-state index is 13.8. The number of aryl methyl sites for hydroxylation is 3. The van der Waals surface area contributed by atoms with Crippen LogP contribution in [0.25, 0.3) is 0 Å². The van der Waals surface area contributed by atoms with Crippen molar-refractivity contribution in [1.82, 2.24) is 9.78 Å². The van der Waals surface area contributed by atoms with Crippen LogP contribution in [0, 0.1) is 20.8 Å². The third-order valence-corrected chi connectivity index (χ3v) is 5.60. The van der Waals surface area contributed by atoms with Crippen molar-refractivity contribution < 1.29 is 18.0 Å². The van der Waals surface area contributed by atoms with Crippen LogP contribution in [0.2, 0.25) is 0 Å². The number of anilines is 2. The van der Waals surface area contributed by atoms with Gasteiger partial charge in [-0.05, 0) is 43.5 Å². The number of aromatic nitrogens is 2. The molecule has 5 nitrogen and oxygen atoms in total. The molecule has 0 radical (unpaired) electrons. The summed E-state index contributed by atoms with van der Waals surface area (Å²) in [6, 6.07) is 10.5. The van der Waals surface area contributed by atoms with Gasteiger partial charge in [0, 0.05) is 12.1 Å². The molecule has 0 saturated heterocycles. The maximum atomic E-state index is 13.8. The number of carbonyl (C=O) groups is 1. The Morgan fingerprint density at radius 2 is 1.77 bits per heavy atom. The molecule has 0 unspecified atom stereocenters. The standard InChI is InChI=1S/C23H23F3N4O/c1-13-5-8-16(9-6-13)19-11-20(23(24,25)26)30-21(28-19)17(12-27-30)22(31)29-18-10-14(2)4-7-15(18)3/h4-10,12,19-20,28H,11H2,1-3H3,(H,29,31)/t19-,20+/m1/s1. The molecule has 1 aliphatic heterocycles. The van der Waals surface area contributed by atoms with Crippen LogP contribution in [-0.2, 0) is 0 Å². The first-order chi connectivity index (χ1) is 14.6. The third-order valence-electron chi connectivity index (χ3n) is 5.60. The highest BCUT2D eigenvalue weighted by molar-refractivity contribution is 6.07. The van der Waals surface area contributed by atoms with Crippen LogP contribution in [0.1, 0.15) is 51.1 Å². The van der Waals surface area contributed by atoms with E-state index >= 15 is 0 Å². The summed E-state index contributed by atoms with van der Waals surface area (Å²) in [5.41, 5.74) is 4.26. The number of hydrogen-bond donors (Lipinski definition) is 2. The summed E-state index contributed by atoms with van der Waals surface area (Å²) in [5, 5.41) is 9.84. The number of amides is 1. The average molecular weight is 428 g/mol. The van der Waals surface area contributed by atoms with Crippen LogP contribution >= 0.6 is 0 Å². The average Bonchev–Trinajstić information content (AvgIpc) is 3.14. The predicted octanol–water partition coefficient (Wildman–Crippen LogP) is 5.72. The molecule has 8 heteroatoms. The number of halogens is 3. The van der Waals surface area contributed by atoms with Crippen molar-refractivity contribution in [3.63, 3.8) is 0 Å². The number of nitrogens with zero attached hydrogens (tertiary/aromatic N) is 2. The molecule has 0 fully saturated rings. The SMILES string of the molecule is Cc1ccc([C@H]2C[C@@H](C(F)(F)F)n3ncc(C(=O)Nc4cc(C)ccc4C)c3N2)cc1. The second-order valence-corrected chi connectivity index (χ2v) is 8.02. The Hall–Kier alpha value is -3.29. The first-order valence-electron chi connectivity index (χ1n) is 9.99. The number of fused-ring (bicyclic) bond motifs is 1. The molecule has 2 heterocycles. The second-order valence-electron chi connectivity index (χ2n) is 8.02. The Labute approximate surface area is 178 Å². The molecule has 31 heavy (non-hydrogen) atoms. The highest BCUT2D eigenvalue weighted by atomic mass is 19.4. The summed E-state index contributed by atoms with van der Waals surface area (Å²) in [4.78, 5) is 13.0. The fourth-order valence-electron chi connectivity index (χ4n) is 3.81. The summed E-state index contributed by atoms with van der Waals surface area (Å²) < 4.78 is 42.4. The first-order valence-corrected chi connectivity index (χ1v) is 9.99. The normalized spacial score (nSPS) is 18.3. The zero-order valence-electron chi connectivity index (χ0n) is 17.4. The largest absolute Gasteiger partial charge is 0.410 e. The van der Waals surface area contributed by atoms with Crippen molar-refractivity contribution >= 4 is 17.4 Å². The molecular formula is C23H23F3N4O. The Bertz CT molecular complexity index is 1120. The number of benzene rings is 2. The third kappa shape index (κ3) is 4.15. The lowest BCUT2D eigenvalue weighted by atomic mass is 9.96. The van der Waals surface area contributed by atoms with Crippen LogP contribution < -0.4 is 10.6 Å². The molecule has 0 aliphatic carbocycles. The van der Waals surface area contributed by atoms with Crippen molar-refractivity contribution in [3.05, 3.63) is 76.5 Å². The van der Waals surface area contributed by atoms with Gasteiger partial charge in [-0.2, -0.15) is 18.3 Å².